The average Bonchev–Trinajstić information content (AvgIpc) is 3.16. The van der Waals surface area contributed by atoms with Crippen molar-refractivity contribution < 1.29 is 9.90 Å². The first-order chi connectivity index (χ1) is 14.6. The standard InChI is InChI=1S/C25H29N3O2S/c1-6-20-16(2)26-24(21-12-11-19(31-21)13-14-25(3,4)5)28-23(20)27-18-9-7-17(8-10-18)15-22(29)30/h7-14H,6,15H2,1-5H3,(H,29,30)(H,26,27,28)/b14-13+. The second-order valence-electron chi connectivity index (χ2n) is 8.61. The van der Waals surface area contributed by atoms with E-state index in [0.717, 1.165) is 39.6 Å². The van der Waals surface area contributed by atoms with Gasteiger partial charge in [-0.05, 0) is 54.7 Å². The van der Waals surface area contributed by atoms with Crippen molar-refractivity contribution in [2.45, 2.75) is 47.5 Å². The predicted octanol–water partition coefficient (Wildman–Crippen LogP) is 6.51. The Morgan fingerprint density at radius 1 is 1.13 bits per heavy atom. The molecule has 2 aromatic heterocycles. The summed E-state index contributed by atoms with van der Waals surface area (Å²) in [5, 5.41) is 12.3. The molecule has 0 saturated carbocycles. The van der Waals surface area contributed by atoms with E-state index < -0.39 is 5.97 Å². The molecule has 0 atom stereocenters. The summed E-state index contributed by atoms with van der Waals surface area (Å²) in [5.74, 6) is 0.661. The quantitative estimate of drug-likeness (QED) is 0.443. The molecule has 0 saturated heterocycles. The fourth-order valence-electron chi connectivity index (χ4n) is 3.14. The number of nitrogens with one attached hydrogen (secondary N) is 1. The first kappa shape index (κ1) is 22.7. The van der Waals surface area contributed by atoms with Gasteiger partial charge in [0.05, 0.1) is 11.3 Å². The fraction of sp³-hybridized carbons (Fsp3) is 0.320. The second kappa shape index (κ2) is 9.43. The number of hydrogen-bond donors (Lipinski definition) is 2. The van der Waals surface area contributed by atoms with Crippen molar-refractivity contribution in [1.82, 2.24) is 9.97 Å². The molecule has 0 aliphatic rings. The highest BCUT2D eigenvalue weighted by molar-refractivity contribution is 7.16. The average molecular weight is 436 g/mol. The molecule has 0 bridgehead atoms. The molecule has 5 nitrogen and oxygen atoms in total. The van der Waals surface area contributed by atoms with Gasteiger partial charge in [-0.15, -0.1) is 11.3 Å². The van der Waals surface area contributed by atoms with Crippen LogP contribution in [0.3, 0.4) is 0 Å². The van der Waals surface area contributed by atoms with Crippen molar-refractivity contribution in [2.75, 3.05) is 5.32 Å². The van der Waals surface area contributed by atoms with Crippen LogP contribution in [-0.2, 0) is 17.6 Å². The molecule has 3 rings (SSSR count). The highest BCUT2D eigenvalue weighted by Gasteiger charge is 2.14. The van der Waals surface area contributed by atoms with Crippen LogP contribution in [0, 0.1) is 12.3 Å². The molecule has 0 radical (unpaired) electrons. The first-order valence-electron chi connectivity index (χ1n) is 10.4. The molecule has 0 fully saturated rings. The van der Waals surface area contributed by atoms with E-state index in [1.54, 1.807) is 11.3 Å². The Morgan fingerprint density at radius 3 is 2.45 bits per heavy atom. The molecule has 1 aromatic carbocycles. The number of aryl methyl sites for hydroxylation is 1. The molecule has 6 heteroatoms. The lowest BCUT2D eigenvalue weighted by atomic mass is 9.96. The van der Waals surface area contributed by atoms with E-state index >= 15 is 0 Å². The Labute approximate surface area is 187 Å². The maximum atomic E-state index is 10.9. The minimum absolute atomic E-state index is 0.0155. The third-order valence-corrected chi connectivity index (χ3v) is 5.78. The summed E-state index contributed by atoms with van der Waals surface area (Å²) >= 11 is 1.68. The largest absolute Gasteiger partial charge is 0.481 e. The van der Waals surface area contributed by atoms with Gasteiger partial charge in [0, 0.05) is 21.8 Å². The zero-order valence-corrected chi connectivity index (χ0v) is 19.5. The number of nitrogens with zero attached hydrogens (tertiary/aromatic N) is 2. The molecule has 0 unspecified atom stereocenters. The number of carbonyl (C=O) groups is 1. The lowest BCUT2D eigenvalue weighted by Gasteiger charge is -2.14. The van der Waals surface area contributed by atoms with Gasteiger partial charge in [0.1, 0.15) is 5.82 Å². The Morgan fingerprint density at radius 2 is 1.84 bits per heavy atom. The number of hydrogen-bond acceptors (Lipinski definition) is 5. The Kier molecular flexibility index (Phi) is 6.91. The van der Waals surface area contributed by atoms with Crippen molar-refractivity contribution in [3.8, 4) is 10.7 Å². The maximum Gasteiger partial charge on any atom is 0.307 e. The highest BCUT2D eigenvalue weighted by Crippen LogP contribution is 2.31. The van der Waals surface area contributed by atoms with Crippen molar-refractivity contribution >= 4 is 34.9 Å². The Balaban J connectivity index is 1.89. The van der Waals surface area contributed by atoms with Crippen LogP contribution in [0.15, 0.2) is 42.5 Å². The summed E-state index contributed by atoms with van der Waals surface area (Å²) in [4.78, 5) is 22.7. The fourth-order valence-corrected chi connectivity index (χ4v) is 3.99. The summed E-state index contributed by atoms with van der Waals surface area (Å²) in [5.41, 5.74) is 3.80. The first-order valence-corrected chi connectivity index (χ1v) is 11.2. The molecular formula is C25H29N3O2S. The second-order valence-corrected chi connectivity index (χ2v) is 9.72. The van der Waals surface area contributed by atoms with Gasteiger partial charge in [-0.3, -0.25) is 4.79 Å². The monoisotopic (exact) mass is 435 g/mol. The number of allylic oxidation sites excluding steroid dienone is 1. The van der Waals surface area contributed by atoms with Gasteiger partial charge in [-0.2, -0.15) is 0 Å². The zero-order valence-electron chi connectivity index (χ0n) is 18.7. The summed E-state index contributed by atoms with van der Waals surface area (Å²) in [6.45, 7) is 10.6. The Hall–Kier alpha value is -2.99. The van der Waals surface area contributed by atoms with Crippen LogP contribution in [0.4, 0.5) is 11.5 Å². The summed E-state index contributed by atoms with van der Waals surface area (Å²) in [6.07, 6.45) is 5.19. The molecule has 162 valence electrons. The van der Waals surface area contributed by atoms with Crippen LogP contribution in [0.1, 0.15) is 49.4 Å². The van der Waals surface area contributed by atoms with Gasteiger partial charge >= 0.3 is 5.97 Å². The lowest BCUT2D eigenvalue weighted by molar-refractivity contribution is -0.136. The van der Waals surface area contributed by atoms with Crippen LogP contribution >= 0.6 is 11.3 Å². The molecule has 3 aromatic rings. The zero-order chi connectivity index (χ0) is 22.6. The van der Waals surface area contributed by atoms with Gasteiger partial charge in [0.25, 0.3) is 0 Å². The summed E-state index contributed by atoms with van der Waals surface area (Å²) < 4.78 is 0. The van der Waals surface area contributed by atoms with Gasteiger partial charge in [-0.25, -0.2) is 9.97 Å². The van der Waals surface area contributed by atoms with Crippen LogP contribution in [0.2, 0.25) is 0 Å². The maximum absolute atomic E-state index is 10.9. The van der Waals surface area contributed by atoms with Crippen LogP contribution in [0.5, 0.6) is 0 Å². The van der Waals surface area contributed by atoms with E-state index in [2.05, 4.69) is 57.3 Å². The van der Waals surface area contributed by atoms with Gasteiger partial charge in [0.15, 0.2) is 5.82 Å². The lowest BCUT2D eigenvalue weighted by Crippen LogP contribution is -2.05. The molecule has 0 spiro atoms. The highest BCUT2D eigenvalue weighted by atomic mass is 32.1. The smallest absolute Gasteiger partial charge is 0.307 e. The van der Waals surface area contributed by atoms with Gasteiger partial charge < -0.3 is 10.4 Å². The number of anilines is 2. The van der Waals surface area contributed by atoms with E-state index in [-0.39, 0.29) is 11.8 Å². The topological polar surface area (TPSA) is 75.1 Å². The van der Waals surface area contributed by atoms with E-state index in [0.29, 0.717) is 5.82 Å². The third-order valence-electron chi connectivity index (χ3n) is 4.73. The number of thiophene rings is 1. The molecule has 2 heterocycles. The summed E-state index contributed by atoms with van der Waals surface area (Å²) in [7, 11) is 0. The van der Waals surface area contributed by atoms with E-state index in [1.165, 1.54) is 4.88 Å². The van der Waals surface area contributed by atoms with Crippen LogP contribution < -0.4 is 5.32 Å². The predicted molar refractivity (Wildman–Crippen MR) is 129 cm³/mol. The van der Waals surface area contributed by atoms with Crippen molar-refractivity contribution in [3.05, 3.63) is 64.2 Å². The normalized spacial score (nSPS) is 11.8. The third kappa shape index (κ3) is 6.25. The van der Waals surface area contributed by atoms with E-state index in [4.69, 9.17) is 15.1 Å². The van der Waals surface area contributed by atoms with Crippen molar-refractivity contribution in [2.24, 2.45) is 5.41 Å². The molecule has 31 heavy (non-hydrogen) atoms. The number of carboxylic acids is 1. The molecule has 0 aliphatic carbocycles. The SMILES string of the molecule is CCc1c(C)nc(-c2ccc(/C=C/C(C)(C)C)s2)nc1Nc1ccc(CC(=O)O)cc1. The molecule has 0 amide bonds. The number of carboxylic acid groups (broad SMARTS) is 1. The summed E-state index contributed by atoms with van der Waals surface area (Å²) in [6, 6.07) is 11.6. The number of aromatic nitrogens is 2. The van der Waals surface area contributed by atoms with Crippen LogP contribution in [-0.4, -0.2) is 21.0 Å². The Bertz CT molecular complexity index is 1090. The van der Waals surface area contributed by atoms with Crippen molar-refractivity contribution in [3.63, 3.8) is 0 Å². The van der Waals surface area contributed by atoms with E-state index in [9.17, 15) is 4.79 Å². The minimum atomic E-state index is -0.835. The number of aliphatic carboxylic acids is 1. The van der Waals surface area contributed by atoms with E-state index in [1.807, 2.05) is 31.2 Å². The van der Waals surface area contributed by atoms with Gasteiger partial charge in [-0.1, -0.05) is 45.9 Å². The molecule has 2 N–H and O–H groups in total. The minimum Gasteiger partial charge on any atom is -0.481 e. The molecular weight excluding hydrogens is 406 g/mol. The van der Waals surface area contributed by atoms with Gasteiger partial charge in [0.2, 0.25) is 0 Å². The van der Waals surface area contributed by atoms with Crippen molar-refractivity contribution in [1.29, 1.82) is 0 Å². The number of benzene rings is 1. The number of rotatable bonds is 7. The molecule has 0 aliphatic heterocycles. The van der Waals surface area contributed by atoms with Crippen LogP contribution in [0.25, 0.3) is 16.8 Å².